The number of nitrogens with one attached hydrogen (secondary N) is 2. The molecule has 2 saturated heterocycles. The molecule has 0 radical (unpaired) electrons. The number of hydrogen-bond donors (Lipinski definition) is 2. The van der Waals surface area contributed by atoms with E-state index in [1.165, 1.54) is 32.5 Å². The zero-order chi connectivity index (χ0) is 20.6. The van der Waals surface area contributed by atoms with Gasteiger partial charge in [-0.25, -0.2) is 0 Å². The molecule has 0 amide bonds. The molecule has 3 rings (SSSR count). The summed E-state index contributed by atoms with van der Waals surface area (Å²) in [6, 6.07) is 6.42. The van der Waals surface area contributed by atoms with E-state index in [0.29, 0.717) is 12.0 Å². The van der Waals surface area contributed by atoms with E-state index in [1.54, 1.807) is 14.2 Å². The number of rotatable bonds is 8. The van der Waals surface area contributed by atoms with Gasteiger partial charge in [-0.15, -0.1) is 0 Å². The largest absolute Gasteiger partial charge is 0.497 e. The third kappa shape index (κ3) is 5.92. The van der Waals surface area contributed by atoms with E-state index >= 15 is 0 Å². The average molecular weight is 404 g/mol. The van der Waals surface area contributed by atoms with Crippen LogP contribution in [0.1, 0.15) is 26.2 Å². The molecular formula is C22H37N5O2. The highest BCUT2D eigenvalue weighted by atomic mass is 16.5. The number of hydrogen-bond acceptors (Lipinski definition) is 5. The Morgan fingerprint density at radius 2 is 1.86 bits per heavy atom. The Morgan fingerprint density at radius 3 is 2.52 bits per heavy atom. The fraction of sp³-hybridized carbons (Fsp3) is 0.682. The molecule has 162 valence electrons. The predicted molar refractivity (Wildman–Crippen MR) is 119 cm³/mol. The molecule has 29 heavy (non-hydrogen) atoms. The van der Waals surface area contributed by atoms with Crippen molar-refractivity contribution < 1.29 is 9.47 Å². The first-order valence-electron chi connectivity index (χ1n) is 10.8. The highest BCUT2D eigenvalue weighted by Crippen LogP contribution is 2.30. The lowest BCUT2D eigenvalue weighted by molar-refractivity contribution is 0.324. The van der Waals surface area contributed by atoms with Crippen molar-refractivity contribution >= 4 is 11.6 Å². The minimum Gasteiger partial charge on any atom is -0.497 e. The molecule has 2 aliphatic rings. The Bertz CT molecular complexity index is 659. The van der Waals surface area contributed by atoms with Crippen LogP contribution in [-0.2, 0) is 0 Å². The van der Waals surface area contributed by atoms with Gasteiger partial charge in [0.2, 0.25) is 0 Å². The minimum absolute atomic E-state index is 0.374. The average Bonchev–Trinajstić information content (AvgIpc) is 3.40. The highest BCUT2D eigenvalue weighted by Gasteiger charge is 2.25. The third-order valence-electron chi connectivity index (χ3n) is 5.92. The Morgan fingerprint density at radius 1 is 1.10 bits per heavy atom. The molecule has 2 fully saturated rings. The summed E-state index contributed by atoms with van der Waals surface area (Å²) in [7, 11) is 5.23. The number of methoxy groups -OCH3 is 2. The molecule has 7 heteroatoms. The van der Waals surface area contributed by atoms with Gasteiger partial charge in [0.25, 0.3) is 0 Å². The molecule has 2 aliphatic heterocycles. The van der Waals surface area contributed by atoms with E-state index in [-0.39, 0.29) is 0 Å². The molecule has 1 aromatic rings. The van der Waals surface area contributed by atoms with Crippen molar-refractivity contribution in [2.24, 2.45) is 10.9 Å². The van der Waals surface area contributed by atoms with Crippen LogP contribution in [0.5, 0.6) is 11.5 Å². The van der Waals surface area contributed by atoms with E-state index in [4.69, 9.17) is 9.47 Å². The zero-order valence-electron chi connectivity index (χ0n) is 18.4. The fourth-order valence-electron chi connectivity index (χ4n) is 4.32. The second-order valence-electron chi connectivity index (χ2n) is 8.06. The fourth-order valence-corrected chi connectivity index (χ4v) is 4.32. The molecule has 2 unspecified atom stereocenters. The van der Waals surface area contributed by atoms with Crippen molar-refractivity contribution in [3.05, 3.63) is 18.2 Å². The topological polar surface area (TPSA) is 61.4 Å². The Balaban J connectivity index is 1.48. The summed E-state index contributed by atoms with van der Waals surface area (Å²) in [6.07, 6.45) is 3.59. The van der Waals surface area contributed by atoms with Gasteiger partial charge in [-0.1, -0.05) is 6.92 Å². The molecule has 1 aromatic carbocycles. The lowest BCUT2D eigenvalue weighted by atomic mass is 10.1. The summed E-state index contributed by atoms with van der Waals surface area (Å²) in [5.74, 6) is 3.27. The number of ether oxygens (including phenoxy) is 2. The molecule has 0 aromatic heterocycles. The van der Waals surface area contributed by atoms with Crippen molar-refractivity contribution in [2.75, 3.05) is 65.4 Å². The molecule has 2 heterocycles. The standard InChI is InChI=1S/C22H37N5O2/c1-5-8-26-9-6-17(15-26)14-24-22(23-2)25-18-7-10-27(16-18)19-11-20(28-3)13-21(12-19)29-4/h11-13,17-18H,5-10,14-16H2,1-4H3,(H2,23,24,25). The predicted octanol–water partition coefficient (Wildman–Crippen LogP) is 2.18. The van der Waals surface area contributed by atoms with Crippen LogP contribution in [0.4, 0.5) is 5.69 Å². The van der Waals surface area contributed by atoms with E-state index < -0.39 is 0 Å². The van der Waals surface area contributed by atoms with E-state index in [1.807, 2.05) is 13.1 Å². The SMILES string of the molecule is CCCN1CCC(CNC(=NC)NC2CCN(c3cc(OC)cc(OC)c3)C2)C1. The quantitative estimate of drug-likeness (QED) is 0.513. The van der Waals surface area contributed by atoms with Crippen LogP contribution in [0.25, 0.3) is 0 Å². The van der Waals surface area contributed by atoms with Gasteiger partial charge in [-0.3, -0.25) is 4.99 Å². The van der Waals surface area contributed by atoms with Crippen LogP contribution in [0, 0.1) is 5.92 Å². The normalized spacial score (nSPS) is 22.8. The number of nitrogens with zero attached hydrogens (tertiary/aromatic N) is 3. The van der Waals surface area contributed by atoms with Crippen LogP contribution in [0.2, 0.25) is 0 Å². The highest BCUT2D eigenvalue weighted by molar-refractivity contribution is 5.80. The third-order valence-corrected chi connectivity index (χ3v) is 5.92. The molecule has 0 saturated carbocycles. The summed E-state index contributed by atoms with van der Waals surface area (Å²) < 4.78 is 10.8. The first-order chi connectivity index (χ1) is 14.1. The maximum atomic E-state index is 5.41. The van der Waals surface area contributed by atoms with Gasteiger partial charge in [0, 0.05) is 63.2 Å². The first kappa shape index (κ1) is 21.6. The smallest absolute Gasteiger partial charge is 0.191 e. The number of anilines is 1. The van der Waals surface area contributed by atoms with E-state index in [2.05, 4.69) is 44.5 Å². The number of likely N-dealkylation sites (tertiary alicyclic amines) is 1. The summed E-state index contributed by atoms with van der Waals surface area (Å²) in [6.45, 7) is 8.83. The molecule has 2 atom stereocenters. The molecule has 0 bridgehead atoms. The lowest BCUT2D eigenvalue weighted by Gasteiger charge is -2.22. The van der Waals surface area contributed by atoms with E-state index in [9.17, 15) is 0 Å². The van der Waals surface area contributed by atoms with Crippen LogP contribution in [0.3, 0.4) is 0 Å². The van der Waals surface area contributed by atoms with Crippen molar-refractivity contribution in [3.8, 4) is 11.5 Å². The zero-order valence-corrected chi connectivity index (χ0v) is 18.4. The molecular weight excluding hydrogens is 366 g/mol. The van der Waals surface area contributed by atoms with Crippen molar-refractivity contribution in [2.45, 2.75) is 32.2 Å². The van der Waals surface area contributed by atoms with Crippen molar-refractivity contribution in [3.63, 3.8) is 0 Å². The van der Waals surface area contributed by atoms with Crippen LogP contribution in [-0.4, -0.2) is 77.4 Å². The molecule has 0 aliphatic carbocycles. The van der Waals surface area contributed by atoms with Gasteiger partial charge in [-0.2, -0.15) is 0 Å². The Hall–Kier alpha value is -2.15. The summed E-state index contributed by atoms with van der Waals surface area (Å²) in [4.78, 5) is 9.38. The maximum Gasteiger partial charge on any atom is 0.191 e. The number of aliphatic imine (C=N–C) groups is 1. The number of benzene rings is 1. The molecule has 2 N–H and O–H groups in total. The van der Waals surface area contributed by atoms with Gasteiger partial charge in [0.1, 0.15) is 11.5 Å². The van der Waals surface area contributed by atoms with Gasteiger partial charge < -0.3 is 29.9 Å². The second kappa shape index (κ2) is 10.6. The van der Waals surface area contributed by atoms with Crippen LogP contribution < -0.4 is 25.0 Å². The summed E-state index contributed by atoms with van der Waals surface area (Å²) >= 11 is 0. The van der Waals surface area contributed by atoms with Crippen molar-refractivity contribution in [1.29, 1.82) is 0 Å². The van der Waals surface area contributed by atoms with Gasteiger partial charge in [0.05, 0.1) is 14.2 Å². The molecule has 0 spiro atoms. The maximum absolute atomic E-state index is 5.41. The van der Waals surface area contributed by atoms with Gasteiger partial charge >= 0.3 is 0 Å². The lowest BCUT2D eigenvalue weighted by Crippen LogP contribution is -2.46. The summed E-state index contributed by atoms with van der Waals surface area (Å²) in [5, 5.41) is 7.15. The van der Waals surface area contributed by atoms with Crippen molar-refractivity contribution in [1.82, 2.24) is 15.5 Å². The van der Waals surface area contributed by atoms with Gasteiger partial charge in [-0.05, 0) is 38.3 Å². The Labute approximate surface area is 175 Å². The first-order valence-corrected chi connectivity index (χ1v) is 10.8. The summed E-state index contributed by atoms with van der Waals surface area (Å²) in [5.41, 5.74) is 1.13. The van der Waals surface area contributed by atoms with E-state index in [0.717, 1.165) is 49.2 Å². The second-order valence-corrected chi connectivity index (χ2v) is 8.06. The van der Waals surface area contributed by atoms with Crippen LogP contribution >= 0.6 is 0 Å². The van der Waals surface area contributed by atoms with Gasteiger partial charge in [0.15, 0.2) is 5.96 Å². The Kier molecular flexibility index (Phi) is 7.86. The minimum atomic E-state index is 0.374. The van der Waals surface area contributed by atoms with Crippen LogP contribution in [0.15, 0.2) is 23.2 Å². The monoisotopic (exact) mass is 403 g/mol. The number of guanidine groups is 1. The molecule has 7 nitrogen and oxygen atoms in total.